The molecule has 0 aliphatic carbocycles. The second kappa shape index (κ2) is 11.5. The molecule has 1 N–H and O–H groups in total. The number of hydrogen-bond acceptors (Lipinski definition) is 7. The van der Waals surface area contributed by atoms with Gasteiger partial charge in [-0.05, 0) is 60.7 Å². The number of carbonyl (C=O) groups excluding carboxylic acids is 1. The van der Waals surface area contributed by atoms with Crippen molar-refractivity contribution >= 4 is 35.5 Å². The third kappa shape index (κ3) is 6.00. The first-order valence-electron chi connectivity index (χ1n) is 10.5. The maximum Gasteiger partial charge on any atom is 0.250 e. The number of nitrogens with zero attached hydrogens (tertiary/aromatic N) is 4. The quantitative estimate of drug-likeness (QED) is 0.198. The van der Waals surface area contributed by atoms with E-state index >= 15 is 0 Å². The Morgan fingerprint density at radius 2 is 1.77 bits per heavy atom. The summed E-state index contributed by atoms with van der Waals surface area (Å²) in [5.41, 5.74) is 4.97. The van der Waals surface area contributed by atoms with Gasteiger partial charge >= 0.3 is 0 Å². The van der Waals surface area contributed by atoms with Crippen molar-refractivity contribution in [3.05, 3.63) is 83.4 Å². The number of ether oxygens (including phenoxy) is 2. The summed E-state index contributed by atoms with van der Waals surface area (Å²) >= 11 is 7.34. The third-order valence-corrected chi connectivity index (χ3v) is 6.11. The highest BCUT2D eigenvalue weighted by Crippen LogP contribution is 2.29. The molecule has 0 saturated carbocycles. The van der Waals surface area contributed by atoms with Crippen LogP contribution in [0.2, 0.25) is 5.02 Å². The van der Waals surface area contributed by atoms with Gasteiger partial charge in [0.15, 0.2) is 11.0 Å². The van der Waals surface area contributed by atoms with E-state index in [0.29, 0.717) is 21.8 Å². The molecule has 1 amide bonds. The van der Waals surface area contributed by atoms with Gasteiger partial charge in [0.1, 0.15) is 11.5 Å². The largest absolute Gasteiger partial charge is 0.497 e. The summed E-state index contributed by atoms with van der Waals surface area (Å²) in [7, 11) is 3.20. The van der Waals surface area contributed by atoms with Gasteiger partial charge in [-0.2, -0.15) is 5.10 Å². The predicted molar refractivity (Wildman–Crippen MR) is 138 cm³/mol. The molecule has 4 rings (SSSR count). The minimum atomic E-state index is -0.280. The van der Waals surface area contributed by atoms with Gasteiger partial charge in [0.2, 0.25) is 0 Å². The van der Waals surface area contributed by atoms with Crippen molar-refractivity contribution < 1.29 is 14.3 Å². The topological polar surface area (TPSA) is 90.6 Å². The van der Waals surface area contributed by atoms with E-state index in [1.165, 1.54) is 11.8 Å². The van der Waals surface area contributed by atoms with Crippen LogP contribution in [-0.4, -0.2) is 46.9 Å². The highest BCUT2D eigenvalue weighted by atomic mass is 35.5. The van der Waals surface area contributed by atoms with E-state index < -0.39 is 0 Å². The zero-order valence-electron chi connectivity index (χ0n) is 19.0. The molecule has 0 unspecified atom stereocenters. The fraction of sp³-hybridized carbons (Fsp3) is 0.120. The van der Waals surface area contributed by atoms with Crippen molar-refractivity contribution in [3.63, 3.8) is 0 Å². The van der Waals surface area contributed by atoms with Gasteiger partial charge in [-0.3, -0.25) is 9.36 Å². The van der Waals surface area contributed by atoms with Crippen LogP contribution in [0.3, 0.4) is 0 Å². The monoisotopic (exact) mass is 507 g/mol. The van der Waals surface area contributed by atoms with E-state index in [-0.39, 0.29) is 11.7 Å². The lowest BCUT2D eigenvalue weighted by Crippen LogP contribution is -2.20. The maximum absolute atomic E-state index is 12.4. The van der Waals surface area contributed by atoms with Crippen molar-refractivity contribution in [2.24, 2.45) is 5.10 Å². The van der Waals surface area contributed by atoms with Gasteiger partial charge in [0.25, 0.3) is 5.91 Å². The smallest absolute Gasteiger partial charge is 0.250 e. The van der Waals surface area contributed by atoms with E-state index in [9.17, 15) is 4.79 Å². The lowest BCUT2D eigenvalue weighted by atomic mass is 10.2. The second-order valence-electron chi connectivity index (χ2n) is 7.17. The number of para-hydroxylation sites is 1. The molecule has 0 radical (unpaired) electrons. The van der Waals surface area contributed by atoms with E-state index in [4.69, 9.17) is 21.1 Å². The van der Waals surface area contributed by atoms with Crippen LogP contribution in [0.25, 0.3) is 17.1 Å². The van der Waals surface area contributed by atoms with Crippen molar-refractivity contribution in [2.75, 3.05) is 20.0 Å². The molecule has 0 saturated heterocycles. The fourth-order valence-electron chi connectivity index (χ4n) is 3.22. The molecule has 8 nitrogen and oxygen atoms in total. The zero-order chi connectivity index (χ0) is 24.6. The van der Waals surface area contributed by atoms with E-state index in [2.05, 4.69) is 20.7 Å². The number of methoxy groups -OCH3 is 2. The molecular formula is C25H22ClN5O3S. The molecule has 0 aliphatic heterocycles. The molecule has 1 heterocycles. The van der Waals surface area contributed by atoms with Crippen LogP contribution in [0.1, 0.15) is 5.56 Å². The number of halogens is 1. The van der Waals surface area contributed by atoms with Crippen molar-refractivity contribution in [2.45, 2.75) is 5.16 Å². The molecule has 0 bridgehead atoms. The lowest BCUT2D eigenvalue weighted by Gasteiger charge is -2.11. The van der Waals surface area contributed by atoms with Gasteiger partial charge in [-0.15, -0.1) is 10.2 Å². The van der Waals surface area contributed by atoms with Crippen molar-refractivity contribution in [1.82, 2.24) is 20.2 Å². The Morgan fingerprint density at radius 3 is 2.49 bits per heavy atom. The SMILES string of the molecule is COc1ccc(-c2nnc(SCC(=O)N/N=C\c3ccccc3OC)n2-c2ccc(Cl)cc2)cc1. The Kier molecular flexibility index (Phi) is 8.02. The number of amides is 1. The molecular weight excluding hydrogens is 486 g/mol. The standard InChI is InChI=1S/C25H22ClN5O3S/c1-33-21-13-7-17(8-14-21)24-29-30-25(31(24)20-11-9-19(26)10-12-20)35-16-23(32)28-27-15-18-5-3-4-6-22(18)34-2/h3-15H,16H2,1-2H3,(H,28,32)/b27-15-. The average Bonchev–Trinajstić information content (AvgIpc) is 3.32. The van der Waals surface area contributed by atoms with Gasteiger partial charge < -0.3 is 9.47 Å². The molecule has 10 heteroatoms. The number of nitrogens with one attached hydrogen (secondary N) is 1. The Balaban J connectivity index is 1.52. The van der Waals surface area contributed by atoms with E-state index in [0.717, 1.165) is 22.6 Å². The summed E-state index contributed by atoms with van der Waals surface area (Å²) in [6.07, 6.45) is 1.54. The Bertz CT molecular complexity index is 1320. The molecule has 0 spiro atoms. The molecule has 35 heavy (non-hydrogen) atoms. The minimum absolute atomic E-state index is 0.0948. The Labute approximate surface area is 211 Å². The maximum atomic E-state index is 12.4. The van der Waals surface area contributed by atoms with Gasteiger partial charge in [0, 0.05) is 21.8 Å². The van der Waals surface area contributed by atoms with Gasteiger partial charge in [0.05, 0.1) is 26.2 Å². The van der Waals surface area contributed by atoms with Crippen LogP contribution >= 0.6 is 23.4 Å². The Morgan fingerprint density at radius 1 is 1.03 bits per heavy atom. The third-order valence-electron chi connectivity index (χ3n) is 4.93. The van der Waals surface area contributed by atoms with E-state index in [1.807, 2.05) is 65.2 Å². The molecule has 0 atom stereocenters. The summed E-state index contributed by atoms with van der Waals surface area (Å²) in [6.45, 7) is 0. The molecule has 178 valence electrons. The molecule has 3 aromatic carbocycles. The first kappa shape index (κ1) is 24.3. The molecule has 1 aromatic heterocycles. The second-order valence-corrected chi connectivity index (χ2v) is 8.55. The highest BCUT2D eigenvalue weighted by Gasteiger charge is 2.17. The van der Waals surface area contributed by atoms with E-state index in [1.54, 1.807) is 32.6 Å². The van der Waals surface area contributed by atoms with Crippen LogP contribution in [0.4, 0.5) is 0 Å². The minimum Gasteiger partial charge on any atom is -0.497 e. The number of thioether (sulfide) groups is 1. The van der Waals surface area contributed by atoms with Crippen molar-refractivity contribution in [3.8, 4) is 28.6 Å². The van der Waals surface area contributed by atoms with Gasteiger partial charge in [-0.1, -0.05) is 35.5 Å². The fourth-order valence-corrected chi connectivity index (χ4v) is 4.09. The first-order valence-corrected chi connectivity index (χ1v) is 11.9. The lowest BCUT2D eigenvalue weighted by molar-refractivity contribution is -0.118. The summed E-state index contributed by atoms with van der Waals surface area (Å²) in [5.74, 6) is 1.86. The van der Waals surface area contributed by atoms with Crippen LogP contribution in [0.15, 0.2) is 83.1 Å². The van der Waals surface area contributed by atoms with Crippen molar-refractivity contribution in [1.29, 1.82) is 0 Å². The summed E-state index contributed by atoms with van der Waals surface area (Å²) in [4.78, 5) is 12.4. The number of rotatable bonds is 9. The molecule has 0 fully saturated rings. The average molecular weight is 508 g/mol. The highest BCUT2D eigenvalue weighted by molar-refractivity contribution is 7.99. The first-order chi connectivity index (χ1) is 17.1. The van der Waals surface area contributed by atoms with Crippen LogP contribution in [0.5, 0.6) is 11.5 Å². The number of aromatic nitrogens is 3. The molecule has 0 aliphatic rings. The zero-order valence-corrected chi connectivity index (χ0v) is 20.6. The summed E-state index contributed by atoms with van der Waals surface area (Å²) < 4.78 is 12.4. The van der Waals surface area contributed by atoms with Crippen LogP contribution in [-0.2, 0) is 4.79 Å². The number of hydrogen-bond donors (Lipinski definition) is 1. The van der Waals surface area contributed by atoms with Gasteiger partial charge in [-0.25, -0.2) is 5.43 Å². The summed E-state index contributed by atoms with van der Waals surface area (Å²) in [6, 6.07) is 22.3. The Hall–Kier alpha value is -3.82. The molecule has 4 aromatic rings. The van der Waals surface area contributed by atoms with Crippen LogP contribution < -0.4 is 14.9 Å². The number of carbonyl (C=O) groups is 1. The van der Waals surface area contributed by atoms with Crippen LogP contribution in [0, 0.1) is 0 Å². The normalized spacial score (nSPS) is 10.9. The number of hydrazone groups is 1. The summed E-state index contributed by atoms with van der Waals surface area (Å²) in [5, 5.41) is 13.9. The predicted octanol–water partition coefficient (Wildman–Crippen LogP) is 4.85. The number of benzene rings is 3.